The molecule has 2 heterocycles. The van der Waals surface area contributed by atoms with Crippen LogP contribution in [0.15, 0.2) is 18.2 Å². The number of nitrogen functional groups attached to an aromatic ring is 1. The summed E-state index contributed by atoms with van der Waals surface area (Å²) in [5.74, 6) is 0. The van der Waals surface area contributed by atoms with Crippen LogP contribution < -0.4 is 10.6 Å². The van der Waals surface area contributed by atoms with Crippen LogP contribution in [-0.2, 0) is 11.2 Å². The summed E-state index contributed by atoms with van der Waals surface area (Å²) < 4.78 is 5.70. The van der Waals surface area contributed by atoms with E-state index in [0.717, 1.165) is 31.8 Å². The third-order valence-corrected chi connectivity index (χ3v) is 4.07. The molecule has 1 saturated heterocycles. The molecule has 2 aliphatic heterocycles. The number of hydrogen-bond donors (Lipinski definition) is 1. The second kappa shape index (κ2) is 5.19. The molecule has 0 radical (unpaired) electrons. The van der Waals surface area contributed by atoms with Crippen molar-refractivity contribution in [3.8, 4) is 0 Å². The normalized spacial score (nSPS) is 23.1. The highest BCUT2D eigenvalue weighted by Crippen LogP contribution is 2.29. The Morgan fingerprint density at radius 3 is 3.11 bits per heavy atom. The molecule has 3 rings (SSSR count). The second-order valence-corrected chi connectivity index (χ2v) is 5.40. The van der Waals surface area contributed by atoms with Crippen molar-refractivity contribution in [1.82, 2.24) is 0 Å². The molecule has 1 unspecified atom stereocenters. The third-order valence-electron chi connectivity index (χ3n) is 4.07. The van der Waals surface area contributed by atoms with Gasteiger partial charge >= 0.3 is 0 Å². The standard InChI is InChI=1S/C15H22N2O/c16-13-6-5-12-3-1-8-17(15(12)11-13)9-7-14-4-2-10-18-14/h5-6,11,14H,1-4,7-10,16H2. The molecule has 0 aliphatic carbocycles. The molecule has 2 N–H and O–H groups in total. The van der Waals surface area contributed by atoms with Gasteiger partial charge in [-0.2, -0.15) is 0 Å². The van der Waals surface area contributed by atoms with Crippen molar-refractivity contribution in [1.29, 1.82) is 0 Å². The molecule has 98 valence electrons. The molecule has 3 heteroatoms. The van der Waals surface area contributed by atoms with E-state index >= 15 is 0 Å². The van der Waals surface area contributed by atoms with Crippen LogP contribution in [0.3, 0.4) is 0 Å². The van der Waals surface area contributed by atoms with Crippen molar-refractivity contribution >= 4 is 11.4 Å². The smallest absolute Gasteiger partial charge is 0.0592 e. The van der Waals surface area contributed by atoms with Crippen LogP contribution in [0, 0.1) is 0 Å². The van der Waals surface area contributed by atoms with Gasteiger partial charge in [0.05, 0.1) is 6.10 Å². The summed E-state index contributed by atoms with van der Waals surface area (Å²) in [5.41, 5.74) is 9.58. The molecule has 0 aromatic heterocycles. The number of rotatable bonds is 3. The van der Waals surface area contributed by atoms with E-state index < -0.39 is 0 Å². The van der Waals surface area contributed by atoms with Crippen LogP contribution in [0.1, 0.15) is 31.2 Å². The number of benzene rings is 1. The highest BCUT2D eigenvalue weighted by molar-refractivity contribution is 5.62. The number of ether oxygens (including phenoxy) is 1. The Morgan fingerprint density at radius 2 is 2.28 bits per heavy atom. The lowest BCUT2D eigenvalue weighted by atomic mass is 10.0. The van der Waals surface area contributed by atoms with Crippen molar-refractivity contribution in [3.05, 3.63) is 23.8 Å². The third kappa shape index (κ3) is 2.46. The minimum Gasteiger partial charge on any atom is -0.399 e. The van der Waals surface area contributed by atoms with Gasteiger partial charge in [-0.3, -0.25) is 0 Å². The number of nitrogens with two attached hydrogens (primary N) is 1. The summed E-state index contributed by atoms with van der Waals surface area (Å²) in [6, 6.07) is 6.33. The largest absolute Gasteiger partial charge is 0.399 e. The van der Waals surface area contributed by atoms with Gasteiger partial charge in [-0.25, -0.2) is 0 Å². The molecule has 0 bridgehead atoms. The van der Waals surface area contributed by atoms with Gasteiger partial charge in [0.15, 0.2) is 0 Å². The van der Waals surface area contributed by atoms with Crippen LogP contribution in [0.25, 0.3) is 0 Å². The van der Waals surface area contributed by atoms with Crippen molar-refractivity contribution in [3.63, 3.8) is 0 Å². The number of hydrogen-bond acceptors (Lipinski definition) is 3. The van der Waals surface area contributed by atoms with Gasteiger partial charge in [-0.1, -0.05) is 6.07 Å². The zero-order valence-corrected chi connectivity index (χ0v) is 10.9. The quantitative estimate of drug-likeness (QED) is 0.833. The van der Waals surface area contributed by atoms with Gasteiger partial charge in [0.25, 0.3) is 0 Å². The van der Waals surface area contributed by atoms with Crippen LogP contribution in [0.4, 0.5) is 11.4 Å². The summed E-state index contributed by atoms with van der Waals surface area (Å²) in [4.78, 5) is 2.48. The lowest BCUT2D eigenvalue weighted by molar-refractivity contribution is 0.105. The number of anilines is 2. The fraction of sp³-hybridized carbons (Fsp3) is 0.600. The van der Waals surface area contributed by atoms with Gasteiger partial charge in [0.1, 0.15) is 0 Å². The summed E-state index contributed by atoms with van der Waals surface area (Å²) >= 11 is 0. The van der Waals surface area contributed by atoms with E-state index in [2.05, 4.69) is 17.0 Å². The molecule has 1 aromatic carbocycles. The Morgan fingerprint density at radius 1 is 1.33 bits per heavy atom. The molecule has 1 aromatic rings. The molecular weight excluding hydrogens is 224 g/mol. The maximum atomic E-state index is 5.91. The molecule has 3 nitrogen and oxygen atoms in total. The van der Waals surface area contributed by atoms with E-state index in [4.69, 9.17) is 10.5 Å². The molecule has 1 atom stereocenters. The highest BCUT2D eigenvalue weighted by atomic mass is 16.5. The van der Waals surface area contributed by atoms with Gasteiger partial charge in [-0.05, 0) is 49.8 Å². The lowest BCUT2D eigenvalue weighted by Crippen LogP contribution is -2.32. The summed E-state index contributed by atoms with van der Waals surface area (Å²) in [6.07, 6.45) is 6.53. The maximum Gasteiger partial charge on any atom is 0.0592 e. The first-order valence-electron chi connectivity index (χ1n) is 7.08. The molecule has 1 fully saturated rings. The zero-order valence-electron chi connectivity index (χ0n) is 10.9. The van der Waals surface area contributed by atoms with Gasteiger partial charge in [-0.15, -0.1) is 0 Å². The molecule has 2 aliphatic rings. The number of fused-ring (bicyclic) bond motifs is 1. The predicted octanol–water partition coefficient (Wildman–Crippen LogP) is 2.59. The minimum absolute atomic E-state index is 0.483. The average Bonchev–Trinajstić information content (AvgIpc) is 2.89. The molecule has 0 saturated carbocycles. The Bertz CT molecular complexity index is 413. The summed E-state index contributed by atoms with van der Waals surface area (Å²) in [6.45, 7) is 3.21. The minimum atomic E-state index is 0.483. The first kappa shape index (κ1) is 11.8. The number of aryl methyl sites for hydroxylation is 1. The summed E-state index contributed by atoms with van der Waals surface area (Å²) in [7, 11) is 0. The van der Waals surface area contributed by atoms with Crippen LogP contribution in [-0.4, -0.2) is 25.8 Å². The Labute approximate surface area is 109 Å². The van der Waals surface area contributed by atoms with Crippen LogP contribution >= 0.6 is 0 Å². The molecular formula is C15H22N2O. The first-order valence-corrected chi connectivity index (χ1v) is 7.08. The predicted molar refractivity (Wildman–Crippen MR) is 75.0 cm³/mol. The van der Waals surface area contributed by atoms with Crippen molar-refractivity contribution < 1.29 is 4.74 Å². The molecule has 0 spiro atoms. The number of nitrogens with zero attached hydrogens (tertiary/aromatic N) is 1. The van der Waals surface area contributed by atoms with Crippen LogP contribution in [0.5, 0.6) is 0 Å². The molecule has 18 heavy (non-hydrogen) atoms. The Hall–Kier alpha value is -1.22. The van der Waals surface area contributed by atoms with Gasteiger partial charge in [0.2, 0.25) is 0 Å². The highest BCUT2D eigenvalue weighted by Gasteiger charge is 2.20. The maximum absolute atomic E-state index is 5.91. The van der Waals surface area contributed by atoms with E-state index in [-0.39, 0.29) is 0 Å². The first-order chi connectivity index (χ1) is 8.83. The van der Waals surface area contributed by atoms with E-state index in [1.807, 2.05) is 6.07 Å². The van der Waals surface area contributed by atoms with Crippen LogP contribution in [0.2, 0.25) is 0 Å². The van der Waals surface area contributed by atoms with Crippen molar-refractivity contribution in [2.75, 3.05) is 30.3 Å². The Kier molecular flexibility index (Phi) is 3.41. The van der Waals surface area contributed by atoms with E-state index in [0.29, 0.717) is 6.10 Å². The van der Waals surface area contributed by atoms with Crippen molar-refractivity contribution in [2.24, 2.45) is 0 Å². The Balaban J connectivity index is 1.68. The van der Waals surface area contributed by atoms with E-state index in [1.54, 1.807) is 0 Å². The average molecular weight is 246 g/mol. The lowest BCUT2D eigenvalue weighted by Gasteiger charge is -2.32. The van der Waals surface area contributed by atoms with Crippen molar-refractivity contribution in [2.45, 2.75) is 38.2 Å². The topological polar surface area (TPSA) is 38.5 Å². The van der Waals surface area contributed by atoms with Gasteiger partial charge < -0.3 is 15.4 Å². The fourth-order valence-electron chi connectivity index (χ4n) is 3.07. The second-order valence-electron chi connectivity index (χ2n) is 5.40. The fourth-order valence-corrected chi connectivity index (χ4v) is 3.07. The zero-order chi connectivity index (χ0) is 12.4. The van der Waals surface area contributed by atoms with Gasteiger partial charge in [0, 0.05) is 31.1 Å². The van der Waals surface area contributed by atoms with E-state index in [9.17, 15) is 0 Å². The van der Waals surface area contributed by atoms with E-state index in [1.165, 1.54) is 36.9 Å². The summed E-state index contributed by atoms with van der Waals surface area (Å²) in [5, 5.41) is 0. The molecule has 0 amide bonds. The monoisotopic (exact) mass is 246 g/mol. The SMILES string of the molecule is Nc1ccc2c(c1)N(CCC1CCCO1)CCC2.